The largest absolute Gasteiger partial charge is 0.496 e. The molecule has 5 nitrogen and oxygen atoms in total. The van der Waals surface area contributed by atoms with E-state index in [2.05, 4.69) is 16.3 Å². The van der Waals surface area contributed by atoms with Crippen LogP contribution in [0.3, 0.4) is 0 Å². The van der Waals surface area contributed by atoms with E-state index in [0.29, 0.717) is 12.1 Å². The number of hydrogen-bond donors (Lipinski definition) is 1. The van der Waals surface area contributed by atoms with Gasteiger partial charge >= 0.3 is 0 Å². The zero-order valence-corrected chi connectivity index (χ0v) is 12.6. The Balaban J connectivity index is 1.92. The first kappa shape index (κ1) is 15.3. The number of nitriles is 1. The third-order valence-corrected chi connectivity index (χ3v) is 3.89. The van der Waals surface area contributed by atoms with Crippen LogP contribution in [0.15, 0.2) is 18.2 Å². The minimum Gasteiger partial charge on any atom is -0.496 e. The van der Waals surface area contributed by atoms with Crippen molar-refractivity contribution in [1.29, 1.82) is 5.26 Å². The van der Waals surface area contributed by atoms with Gasteiger partial charge in [0.15, 0.2) is 0 Å². The van der Waals surface area contributed by atoms with Gasteiger partial charge in [-0.1, -0.05) is 6.07 Å². The Morgan fingerprint density at radius 1 is 1.48 bits per heavy atom. The smallest absolute Gasteiger partial charge is 0.251 e. The molecule has 0 radical (unpaired) electrons. The molecule has 0 saturated carbocycles. The fraction of sp³-hybridized carbons (Fsp3) is 0.500. The number of methoxy groups -OCH3 is 1. The lowest BCUT2D eigenvalue weighted by molar-refractivity contribution is 0.0914. The van der Waals surface area contributed by atoms with Gasteiger partial charge in [-0.25, -0.2) is 0 Å². The van der Waals surface area contributed by atoms with E-state index in [0.717, 1.165) is 37.2 Å². The fourth-order valence-corrected chi connectivity index (χ4v) is 2.57. The third kappa shape index (κ3) is 3.96. The normalized spacial score (nSPS) is 16.2. The highest BCUT2D eigenvalue weighted by molar-refractivity contribution is 5.94. The highest BCUT2D eigenvalue weighted by atomic mass is 16.5. The summed E-state index contributed by atoms with van der Waals surface area (Å²) in [5.74, 6) is 0.665. The minimum atomic E-state index is -0.0629. The van der Waals surface area contributed by atoms with Gasteiger partial charge in [-0.2, -0.15) is 5.26 Å². The van der Waals surface area contributed by atoms with Crippen molar-refractivity contribution in [3.8, 4) is 11.8 Å². The molecule has 0 spiro atoms. The predicted molar refractivity (Wildman–Crippen MR) is 80.3 cm³/mol. The number of piperidine rings is 1. The molecule has 1 fully saturated rings. The van der Waals surface area contributed by atoms with Gasteiger partial charge in [0.25, 0.3) is 5.91 Å². The van der Waals surface area contributed by atoms with Crippen LogP contribution in [0.4, 0.5) is 0 Å². The summed E-state index contributed by atoms with van der Waals surface area (Å²) in [5, 5.41) is 11.7. The zero-order chi connectivity index (χ0) is 15.2. The number of nitrogens with one attached hydrogen (secondary N) is 1. The van der Waals surface area contributed by atoms with Crippen molar-refractivity contribution in [2.24, 2.45) is 0 Å². The first-order valence-corrected chi connectivity index (χ1v) is 7.19. The van der Waals surface area contributed by atoms with E-state index in [1.807, 2.05) is 19.1 Å². The van der Waals surface area contributed by atoms with E-state index in [-0.39, 0.29) is 11.9 Å². The molecule has 5 heteroatoms. The number of rotatable bonds is 4. The molecule has 1 aliphatic rings. The van der Waals surface area contributed by atoms with Gasteiger partial charge in [0.2, 0.25) is 0 Å². The van der Waals surface area contributed by atoms with Gasteiger partial charge in [-0.15, -0.1) is 0 Å². The third-order valence-electron chi connectivity index (χ3n) is 3.89. The van der Waals surface area contributed by atoms with Crippen LogP contribution in [0.2, 0.25) is 0 Å². The van der Waals surface area contributed by atoms with Gasteiger partial charge in [0.1, 0.15) is 5.75 Å². The molecule has 2 rings (SSSR count). The number of carbonyl (C=O) groups is 1. The minimum absolute atomic E-state index is 0.0629. The number of aryl methyl sites for hydroxylation is 1. The summed E-state index contributed by atoms with van der Waals surface area (Å²) in [5.41, 5.74) is 1.63. The van der Waals surface area contributed by atoms with E-state index < -0.39 is 0 Å². The highest BCUT2D eigenvalue weighted by Crippen LogP contribution is 2.19. The van der Waals surface area contributed by atoms with E-state index in [1.165, 1.54) is 0 Å². The SMILES string of the molecule is COc1cc(C(=O)NC2CCN(CC#N)CC2)ccc1C. The quantitative estimate of drug-likeness (QED) is 0.856. The lowest BCUT2D eigenvalue weighted by Gasteiger charge is -2.30. The Kier molecular flexibility index (Phi) is 5.18. The van der Waals surface area contributed by atoms with Gasteiger partial charge < -0.3 is 10.1 Å². The molecule has 1 aromatic rings. The summed E-state index contributed by atoms with van der Waals surface area (Å²) >= 11 is 0. The standard InChI is InChI=1S/C16H21N3O2/c1-12-3-4-13(11-15(12)21-2)16(20)18-14-5-8-19(9-6-14)10-7-17/h3-4,11,14H,5-6,8-10H2,1-2H3,(H,18,20). The summed E-state index contributed by atoms with van der Waals surface area (Å²) in [7, 11) is 1.61. The van der Waals surface area contributed by atoms with Gasteiger partial charge in [0.05, 0.1) is 19.7 Å². The number of nitrogens with zero attached hydrogens (tertiary/aromatic N) is 2. The van der Waals surface area contributed by atoms with Crippen molar-refractivity contribution >= 4 is 5.91 Å². The summed E-state index contributed by atoms with van der Waals surface area (Å²) in [6, 6.07) is 7.82. The molecule has 0 aromatic heterocycles. The van der Waals surface area contributed by atoms with Crippen LogP contribution >= 0.6 is 0 Å². The molecule has 1 aliphatic heterocycles. The maximum Gasteiger partial charge on any atom is 0.251 e. The molecule has 0 bridgehead atoms. The van der Waals surface area contributed by atoms with Crippen molar-refractivity contribution in [3.63, 3.8) is 0 Å². The number of benzene rings is 1. The number of likely N-dealkylation sites (tertiary alicyclic amines) is 1. The molecule has 1 saturated heterocycles. The van der Waals surface area contributed by atoms with E-state index in [4.69, 9.17) is 10.00 Å². The second kappa shape index (κ2) is 7.09. The monoisotopic (exact) mass is 287 g/mol. The number of hydrogen-bond acceptors (Lipinski definition) is 4. The van der Waals surface area contributed by atoms with Crippen LogP contribution in [0.5, 0.6) is 5.75 Å². The number of carbonyl (C=O) groups excluding carboxylic acids is 1. The van der Waals surface area contributed by atoms with Crippen LogP contribution in [0.1, 0.15) is 28.8 Å². The second-order valence-corrected chi connectivity index (χ2v) is 5.37. The molecular weight excluding hydrogens is 266 g/mol. The molecule has 0 aliphatic carbocycles. The molecular formula is C16H21N3O2. The Labute approximate surface area is 125 Å². The zero-order valence-electron chi connectivity index (χ0n) is 12.6. The van der Waals surface area contributed by atoms with Crippen LogP contribution in [-0.4, -0.2) is 43.6 Å². The summed E-state index contributed by atoms with van der Waals surface area (Å²) in [6.07, 6.45) is 1.77. The van der Waals surface area contributed by atoms with Crippen molar-refractivity contribution in [2.75, 3.05) is 26.7 Å². The topological polar surface area (TPSA) is 65.4 Å². The first-order valence-electron chi connectivity index (χ1n) is 7.19. The lowest BCUT2D eigenvalue weighted by atomic mass is 10.0. The van der Waals surface area contributed by atoms with Crippen LogP contribution in [0.25, 0.3) is 0 Å². The number of ether oxygens (including phenoxy) is 1. The van der Waals surface area contributed by atoms with E-state index in [9.17, 15) is 4.79 Å². The molecule has 0 unspecified atom stereocenters. The highest BCUT2D eigenvalue weighted by Gasteiger charge is 2.21. The van der Waals surface area contributed by atoms with Gasteiger partial charge in [-0.3, -0.25) is 9.69 Å². The van der Waals surface area contributed by atoms with Crippen molar-refractivity contribution < 1.29 is 9.53 Å². The maximum absolute atomic E-state index is 12.3. The Hall–Kier alpha value is -2.06. The first-order chi connectivity index (χ1) is 10.1. The fourth-order valence-electron chi connectivity index (χ4n) is 2.57. The Bertz CT molecular complexity index is 543. The maximum atomic E-state index is 12.3. The summed E-state index contributed by atoms with van der Waals surface area (Å²) < 4.78 is 5.25. The van der Waals surface area contributed by atoms with Crippen molar-refractivity contribution in [2.45, 2.75) is 25.8 Å². The second-order valence-electron chi connectivity index (χ2n) is 5.37. The predicted octanol–water partition coefficient (Wildman–Crippen LogP) is 1.72. The van der Waals surface area contributed by atoms with Gasteiger partial charge in [0, 0.05) is 24.7 Å². The van der Waals surface area contributed by atoms with Crippen LogP contribution in [0, 0.1) is 18.3 Å². The molecule has 21 heavy (non-hydrogen) atoms. The van der Waals surface area contributed by atoms with Crippen LogP contribution in [-0.2, 0) is 0 Å². The van der Waals surface area contributed by atoms with Crippen LogP contribution < -0.4 is 10.1 Å². The molecule has 1 N–H and O–H groups in total. The summed E-state index contributed by atoms with van der Waals surface area (Å²) in [6.45, 7) is 4.13. The van der Waals surface area contributed by atoms with Crippen molar-refractivity contribution in [1.82, 2.24) is 10.2 Å². The lowest BCUT2D eigenvalue weighted by Crippen LogP contribution is -2.44. The van der Waals surface area contributed by atoms with Crippen molar-refractivity contribution in [3.05, 3.63) is 29.3 Å². The average Bonchev–Trinajstić information content (AvgIpc) is 2.50. The molecule has 1 heterocycles. The van der Waals surface area contributed by atoms with E-state index in [1.54, 1.807) is 13.2 Å². The Morgan fingerprint density at radius 3 is 2.81 bits per heavy atom. The Morgan fingerprint density at radius 2 is 2.19 bits per heavy atom. The molecule has 112 valence electrons. The molecule has 1 amide bonds. The van der Waals surface area contributed by atoms with E-state index >= 15 is 0 Å². The molecule has 0 atom stereocenters. The van der Waals surface area contributed by atoms with Gasteiger partial charge in [-0.05, 0) is 37.5 Å². The molecule has 1 aromatic carbocycles. The number of amides is 1. The average molecular weight is 287 g/mol. The summed E-state index contributed by atoms with van der Waals surface area (Å²) in [4.78, 5) is 14.4.